The van der Waals surface area contributed by atoms with Crippen LogP contribution < -0.4 is 0 Å². The first-order chi connectivity index (χ1) is 8.10. The number of methoxy groups -OCH3 is 1. The van der Waals surface area contributed by atoms with Gasteiger partial charge in [-0.05, 0) is 37.0 Å². The number of hydrogen-bond acceptors (Lipinski definition) is 2. The molecule has 94 valence electrons. The monoisotopic (exact) mass is 234 g/mol. The Balaban J connectivity index is 2.80. The molecular formula is C15H22O2. The largest absolute Gasteiger partial charge is 0.374 e. The van der Waals surface area contributed by atoms with Crippen LogP contribution in [0.15, 0.2) is 18.2 Å². The van der Waals surface area contributed by atoms with Crippen LogP contribution in [0.4, 0.5) is 0 Å². The second-order valence-electron chi connectivity index (χ2n) is 4.53. The Morgan fingerprint density at radius 1 is 1.29 bits per heavy atom. The highest BCUT2D eigenvalue weighted by Gasteiger charge is 2.18. The Hall–Kier alpha value is -1.15. The predicted octanol–water partition coefficient (Wildman–Crippen LogP) is 3.23. The topological polar surface area (TPSA) is 26.3 Å². The van der Waals surface area contributed by atoms with Crippen LogP contribution in [0.25, 0.3) is 0 Å². The molecule has 1 rings (SSSR count). The molecular weight excluding hydrogens is 212 g/mol. The van der Waals surface area contributed by atoms with E-state index in [1.54, 1.807) is 7.11 Å². The van der Waals surface area contributed by atoms with Gasteiger partial charge in [-0.25, -0.2) is 0 Å². The Bertz CT molecular complexity index is 362. The fourth-order valence-electron chi connectivity index (χ4n) is 2.09. The second-order valence-corrected chi connectivity index (χ2v) is 4.53. The third kappa shape index (κ3) is 3.67. The van der Waals surface area contributed by atoms with E-state index >= 15 is 0 Å². The van der Waals surface area contributed by atoms with E-state index in [9.17, 15) is 4.79 Å². The van der Waals surface area contributed by atoms with Crippen molar-refractivity contribution in [3.8, 4) is 0 Å². The van der Waals surface area contributed by atoms with Gasteiger partial charge in [-0.2, -0.15) is 0 Å². The maximum absolute atomic E-state index is 12.1. The molecule has 0 aliphatic heterocycles. The third-order valence-corrected chi connectivity index (χ3v) is 3.19. The zero-order chi connectivity index (χ0) is 12.8. The molecule has 0 amide bonds. The summed E-state index contributed by atoms with van der Waals surface area (Å²) in [5.41, 5.74) is 3.52. The molecule has 0 heterocycles. The van der Waals surface area contributed by atoms with Gasteiger partial charge >= 0.3 is 0 Å². The molecule has 1 unspecified atom stereocenters. The van der Waals surface area contributed by atoms with E-state index in [0.717, 1.165) is 18.4 Å². The first-order valence-corrected chi connectivity index (χ1v) is 6.20. The number of Topliss-reactive ketones (excluding diaryl/α,β-unsaturated/α-hetero) is 1. The molecule has 1 aromatic rings. The first kappa shape index (κ1) is 13.9. The predicted molar refractivity (Wildman–Crippen MR) is 70.3 cm³/mol. The van der Waals surface area contributed by atoms with Crippen LogP contribution in [0.3, 0.4) is 0 Å². The highest BCUT2D eigenvalue weighted by molar-refractivity contribution is 5.85. The third-order valence-electron chi connectivity index (χ3n) is 3.19. The summed E-state index contributed by atoms with van der Waals surface area (Å²) in [4.78, 5) is 12.1. The molecule has 0 aromatic heterocycles. The van der Waals surface area contributed by atoms with E-state index in [1.807, 2.05) is 6.07 Å². The maximum atomic E-state index is 12.1. The van der Waals surface area contributed by atoms with Crippen LogP contribution in [-0.2, 0) is 16.0 Å². The van der Waals surface area contributed by atoms with Gasteiger partial charge in [-0.3, -0.25) is 4.79 Å². The Kier molecular flexibility index (Phi) is 5.36. The van der Waals surface area contributed by atoms with E-state index in [-0.39, 0.29) is 11.9 Å². The Morgan fingerprint density at radius 2 is 1.88 bits per heavy atom. The number of carbonyl (C=O) groups is 1. The molecule has 0 saturated carbocycles. The summed E-state index contributed by atoms with van der Waals surface area (Å²) < 4.78 is 5.25. The fourth-order valence-corrected chi connectivity index (χ4v) is 2.09. The summed E-state index contributed by atoms with van der Waals surface area (Å²) in [5.74, 6) is 0.187. The highest BCUT2D eigenvalue weighted by Crippen LogP contribution is 2.16. The van der Waals surface area contributed by atoms with E-state index in [0.29, 0.717) is 6.42 Å². The van der Waals surface area contributed by atoms with Gasteiger partial charge in [0.25, 0.3) is 0 Å². The zero-order valence-corrected chi connectivity index (χ0v) is 11.2. The van der Waals surface area contributed by atoms with Crippen molar-refractivity contribution in [3.05, 3.63) is 34.9 Å². The molecule has 2 nitrogen and oxygen atoms in total. The van der Waals surface area contributed by atoms with Crippen molar-refractivity contribution in [3.63, 3.8) is 0 Å². The normalized spacial score (nSPS) is 12.5. The maximum Gasteiger partial charge on any atom is 0.165 e. The molecule has 0 saturated heterocycles. The van der Waals surface area contributed by atoms with Crippen molar-refractivity contribution < 1.29 is 9.53 Å². The van der Waals surface area contributed by atoms with Gasteiger partial charge in [0.2, 0.25) is 0 Å². The van der Waals surface area contributed by atoms with E-state index in [1.165, 1.54) is 11.1 Å². The molecule has 0 fully saturated rings. The average molecular weight is 234 g/mol. The van der Waals surface area contributed by atoms with Crippen LogP contribution in [0, 0.1) is 13.8 Å². The van der Waals surface area contributed by atoms with Gasteiger partial charge < -0.3 is 4.74 Å². The van der Waals surface area contributed by atoms with Crippen LogP contribution in [-0.4, -0.2) is 19.0 Å². The fraction of sp³-hybridized carbons (Fsp3) is 0.533. The molecule has 0 spiro atoms. The summed E-state index contributed by atoms with van der Waals surface area (Å²) in [6.45, 7) is 6.17. The van der Waals surface area contributed by atoms with Crippen LogP contribution in [0.5, 0.6) is 0 Å². The average Bonchev–Trinajstić information content (AvgIpc) is 2.30. The molecule has 0 N–H and O–H groups in total. The van der Waals surface area contributed by atoms with Gasteiger partial charge in [0.15, 0.2) is 5.78 Å². The Labute approximate surface area is 104 Å². The van der Waals surface area contributed by atoms with Gasteiger partial charge in [-0.15, -0.1) is 0 Å². The molecule has 0 aliphatic rings. The first-order valence-electron chi connectivity index (χ1n) is 6.20. The number of hydrogen-bond donors (Lipinski definition) is 0. The summed E-state index contributed by atoms with van der Waals surface area (Å²) in [5, 5.41) is 0. The van der Waals surface area contributed by atoms with Crippen molar-refractivity contribution in [2.24, 2.45) is 0 Å². The smallest absolute Gasteiger partial charge is 0.165 e. The minimum atomic E-state index is -0.251. The van der Waals surface area contributed by atoms with Crippen molar-refractivity contribution >= 4 is 5.78 Å². The summed E-state index contributed by atoms with van der Waals surface area (Å²) in [7, 11) is 1.61. The lowest BCUT2D eigenvalue weighted by atomic mass is 9.95. The number of ether oxygens (including phenoxy) is 1. The zero-order valence-electron chi connectivity index (χ0n) is 11.2. The quantitative estimate of drug-likeness (QED) is 0.755. The van der Waals surface area contributed by atoms with Crippen LogP contribution in [0.1, 0.15) is 36.5 Å². The van der Waals surface area contributed by atoms with Gasteiger partial charge in [0, 0.05) is 13.5 Å². The number of aryl methyl sites for hydroxylation is 2. The minimum Gasteiger partial charge on any atom is -0.374 e. The molecule has 0 bridgehead atoms. The van der Waals surface area contributed by atoms with Gasteiger partial charge in [-0.1, -0.05) is 31.5 Å². The van der Waals surface area contributed by atoms with Crippen molar-refractivity contribution in [1.82, 2.24) is 0 Å². The van der Waals surface area contributed by atoms with Crippen LogP contribution in [0.2, 0.25) is 0 Å². The second kappa shape index (κ2) is 6.55. The standard InChI is InChI=1S/C15H22O2/c1-5-7-15(17-4)14(16)10-13-11(2)8-6-9-12(13)3/h6,8-9,15H,5,7,10H2,1-4H3. The Morgan fingerprint density at radius 3 is 2.35 bits per heavy atom. The molecule has 0 radical (unpaired) electrons. The highest BCUT2D eigenvalue weighted by atomic mass is 16.5. The van der Waals surface area contributed by atoms with Crippen molar-refractivity contribution in [2.45, 2.75) is 46.1 Å². The lowest BCUT2D eigenvalue weighted by Crippen LogP contribution is -2.25. The van der Waals surface area contributed by atoms with Crippen molar-refractivity contribution in [1.29, 1.82) is 0 Å². The summed E-state index contributed by atoms with van der Waals surface area (Å²) in [6, 6.07) is 6.13. The van der Waals surface area contributed by atoms with Crippen LogP contribution >= 0.6 is 0 Å². The lowest BCUT2D eigenvalue weighted by molar-refractivity contribution is -0.128. The van der Waals surface area contributed by atoms with E-state index in [4.69, 9.17) is 4.74 Å². The molecule has 1 aromatic carbocycles. The summed E-state index contributed by atoms with van der Waals surface area (Å²) in [6.07, 6.45) is 2.01. The molecule has 2 heteroatoms. The summed E-state index contributed by atoms with van der Waals surface area (Å²) >= 11 is 0. The van der Waals surface area contributed by atoms with E-state index in [2.05, 4.69) is 32.9 Å². The number of carbonyl (C=O) groups excluding carboxylic acids is 1. The van der Waals surface area contributed by atoms with Gasteiger partial charge in [0.1, 0.15) is 6.10 Å². The number of benzene rings is 1. The van der Waals surface area contributed by atoms with Gasteiger partial charge in [0.05, 0.1) is 0 Å². The molecule has 0 aliphatic carbocycles. The van der Waals surface area contributed by atoms with Crippen molar-refractivity contribution in [2.75, 3.05) is 7.11 Å². The molecule has 1 atom stereocenters. The lowest BCUT2D eigenvalue weighted by Gasteiger charge is -2.15. The SMILES string of the molecule is CCCC(OC)C(=O)Cc1c(C)cccc1C. The minimum absolute atomic E-state index is 0.187. The molecule has 17 heavy (non-hydrogen) atoms. The van der Waals surface area contributed by atoms with E-state index < -0.39 is 0 Å². The number of ketones is 1. The number of rotatable bonds is 6.